The minimum atomic E-state index is 0.368. The average molecular weight is 338 g/mol. The molecule has 0 saturated carbocycles. The molecular weight excluding hydrogens is 316 g/mol. The van der Waals surface area contributed by atoms with Gasteiger partial charge in [-0.1, -0.05) is 30.3 Å². The van der Waals surface area contributed by atoms with Gasteiger partial charge in [0.25, 0.3) is 0 Å². The Morgan fingerprint density at radius 3 is 2.92 bits per heavy atom. The lowest BCUT2D eigenvalue weighted by Gasteiger charge is -2.25. The molecule has 3 heterocycles. The molecule has 24 heavy (non-hydrogen) atoms. The molecule has 0 unspecified atom stereocenters. The van der Waals surface area contributed by atoms with E-state index in [0.29, 0.717) is 6.10 Å². The zero-order chi connectivity index (χ0) is 16.2. The Labute approximate surface area is 146 Å². The lowest BCUT2D eigenvalue weighted by Crippen LogP contribution is -2.31. The van der Waals surface area contributed by atoms with Crippen LogP contribution >= 0.6 is 11.3 Å². The first-order chi connectivity index (χ1) is 11.9. The highest BCUT2D eigenvalue weighted by Crippen LogP contribution is 2.22. The highest BCUT2D eigenvalue weighted by molar-refractivity contribution is 7.09. The zero-order valence-electron chi connectivity index (χ0n) is 13.7. The summed E-state index contributed by atoms with van der Waals surface area (Å²) in [6.45, 7) is 3.78. The van der Waals surface area contributed by atoms with Crippen LogP contribution in [0.25, 0.3) is 10.9 Å². The molecule has 0 N–H and O–H groups in total. The highest BCUT2D eigenvalue weighted by Gasteiger charge is 2.20. The fourth-order valence-corrected chi connectivity index (χ4v) is 4.17. The SMILES string of the molecule is c1csc(CN(Cc2cccc3cccnc23)C[C@H]2CCCO2)c1. The van der Waals surface area contributed by atoms with Crippen molar-refractivity contribution in [2.75, 3.05) is 13.2 Å². The second kappa shape index (κ2) is 7.43. The van der Waals surface area contributed by atoms with Gasteiger partial charge in [0, 0.05) is 42.7 Å². The van der Waals surface area contributed by atoms with E-state index in [-0.39, 0.29) is 0 Å². The van der Waals surface area contributed by atoms with Gasteiger partial charge < -0.3 is 4.74 Å². The number of ether oxygens (including phenoxy) is 1. The molecule has 0 bridgehead atoms. The van der Waals surface area contributed by atoms with Crippen molar-refractivity contribution in [1.82, 2.24) is 9.88 Å². The van der Waals surface area contributed by atoms with Crippen molar-refractivity contribution in [2.24, 2.45) is 0 Å². The lowest BCUT2D eigenvalue weighted by atomic mass is 10.1. The summed E-state index contributed by atoms with van der Waals surface area (Å²) in [6, 6.07) is 15.0. The first kappa shape index (κ1) is 15.8. The third-order valence-electron chi connectivity index (χ3n) is 4.56. The largest absolute Gasteiger partial charge is 0.377 e. The first-order valence-electron chi connectivity index (χ1n) is 8.57. The van der Waals surface area contributed by atoms with E-state index in [4.69, 9.17) is 4.74 Å². The number of pyridine rings is 1. The van der Waals surface area contributed by atoms with Crippen molar-refractivity contribution in [3.8, 4) is 0 Å². The Bertz CT molecular complexity index is 776. The summed E-state index contributed by atoms with van der Waals surface area (Å²) in [4.78, 5) is 8.52. The van der Waals surface area contributed by atoms with Crippen LogP contribution in [0.4, 0.5) is 0 Å². The number of benzene rings is 1. The molecule has 1 atom stereocenters. The molecule has 3 aromatic rings. The van der Waals surface area contributed by atoms with Crippen LogP contribution < -0.4 is 0 Å². The summed E-state index contributed by atoms with van der Waals surface area (Å²) >= 11 is 1.83. The van der Waals surface area contributed by atoms with Crippen molar-refractivity contribution in [2.45, 2.75) is 32.0 Å². The standard InChI is InChI=1S/C20H22N2OS/c1-5-16-7-2-10-21-20(16)17(6-1)13-22(14-18-8-3-11-23-18)15-19-9-4-12-24-19/h1-2,4-7,9-10,12,18H,3,8,11,13-15H2/t18-/m1/s1. The third kappa shape index (κ3) is 3.66. The second-order valence-corrected chi connectivity index (χ2v) is 7.41. The van der Waals surface area contributed by atoms with Gasteiger partial charge in [0.15, 0.2) is 0 Å². The van der Waals surface area contributed by atoms with Crippen LogP contribution in [-0.4, -0.2) is 29.1 Å². The van der Waals surface area contributed by atoms with Crippen LogP contribution in [0.15, 0.2) is 54.0 Å². The van der Waals surface area contributed by atoms with Gasteiger partial charge in [-0.15, -0.1) is 11.3 Å². The number of hydrogen-bond donors (Lipinski definition) is 0. The fraction of sp³-hybridized carbons (Fsp3) is 0.350. The minimum Gasteiger partial charge on any atom is -0.377 e. The Balaban J connectivity index is 1.57. The van der Waals surface area contributed by atoms with E-state index in [0.717, 1.165) is 31.8 Å². The van der Waals surface area contributed by atoms with Crippen LogP contribution in [-0.2, 0) is 17.8 Å². The van der Waals surface area contributed by atoms with Crippen molar-refractivity contribution >= 4 is 22.2 Å². The van der Waals surface area contributed by atoms with Gasteiger partial charge in [-0.3, -0.25) is 9.88 Å². The molecule has 4 heteroatoms. The van der Waals surface area contributed by atoms with E-state index in [1.165, 1.54) is 28.7 Å². The van der Waals surface area contributed by atoms with Crippen LogP contribution in [0.1, 0.15) is 23.3 Å². The van der Waals surface area contributed by atoms with Gasteiger partial charge in [0.2, 0.25) is 0 Å². The maximum Gasteiger partial charge on any atom is 0.0746 e. The summed E-state index contributed by atoms with van der Waals surface area (Å²) in [5, 5.41) is 3.36. The van der Waals surface area contributed by atoms with Gasteiger partial charge in [0.1, 0.15) is 0 Å². The lowest BCUT2D eigenvalue weighted by molar-refractivity contribution is 0.0684. The van der Waals surface area contributed by atoms with Gasteiger partial charge in [0.05, 0.1) is 11.6 Å². The van der Waals surface area contributed by atoms with E-state index in [2.05, 4.69) is 51.7 Å². The molecule has 4 rings (SSSR count). The summed E-state index contributed by atoms with van der Waals surface area (Å²) in [5.74, 6) is 0. The number of para-hydroxylation sites is 1. The molecule has 3 nitrogen and oxygen atoms in total. The predicted octanol–water partition coefficient (Wildman–Crippen LogP) is 4.48. The maximum atomic E-state index is 5.87. The van der Waals surface area contributed by atoms with Gasteiger partial charge in [-0.25, -0.2) is 0 Å². The number of rotatable bonds is 6. The molecule has 1 saturated heterocycles. The smallest absolute Gasteiger partial charge is 0.0746 e. The predicted molar refractivity (Wildman–Crippen MR) is 99.2 cm³/mol. The van der Waals surface area contributed by atoms with Crippen molar-refractivity contribution in [1.29, 1.82) is 0 Å². The van der Waals surface area contributed by atoms with E-state index in [9.17, 15) is 0 Å². The summed E-state index contributed by atoms with van der Waals surface area (Å²) in [7, 11) is 0. The van der Waals surface area contributed by atoms with E-state index < -0.39 is 0 Å². The second-order valence-electron chi connectivity index (χ2n) is 6.38. The quantitative estimate of drug-likeness (QED) is 0.663. The average Bonchev–Trinajstić information content (AvgIpc) is 3.29. The van der Waals surface area contributed by atoms with Crippen LogP contribution in [0.2, 0.25) is 0 Å². The Hall–Kier alpha value is -1.75. The third-order valence-corrected chi connectivity index (χ3v) is 5.42. The van der Waals surface area contributed by atoms with Crippen molar-refractivity contribution in [3.05, 3.63) is 64.5 Å². The number of aromatic nitrogens is 1. The Morgan fingerprint density at radius 1 is 1.12 bits per heavy atom. The van der Waals surface area contributed by atoms with E-state index in [1.54, 1.807) is 0 Å². The fourth-order valence-electron chi connectivity index (χ4n) is 3.42. The molecular formula is C20H22N2OS. The van der Waals surface area contributed by atoms with Gasteiger partial charge in [-0.05, 0) is 35.9 Å². The summed E-state index contributed by atoms with van der Waals surface area (Å²) in [5.41, 5.74) is 2.41. The van der Waals surface area contributed by atoms with Gasteiger partial charge in [-0.2, -0.15) is 0 Å². The van der Waals surface area contributed by atoms with Crippen LogP contribution in [0.3, 0.4) is 0 Å². The molecule has 0 amide bonds. The van der Waals surface area contributed by atoms with Gasteiger partial charge >= 0.3 is 0 Å². The molecule has 1 fully saturated rings. The zero-order valence-corrected chi connectivity index (χ0v) is 14.5. The first-order valence-corrected chi connectivity index (χ1v) is 9.45. The van der Waals surface area contributed by atoms with Crippen LogP contribution in [0, 0.1) is 0 Å². The normalized spacial score (nSPS) is 17.8. The molecule has 0 radical (unpaired) electrons. The molecule has 1 aliphatic rings. The number of fused-ring (bicyclic) bond motifs is 1. The van der Waals surface area contributed by atoms with Crippen molar-refractivity contribution < 1.29 is 4.74 Å². The van der Waals surface area contributed by atoms with E-state index in [1.807, 2.05) is 23.6 Å². The Morgan fingerprint density at radius 2 is 2.08 bits per heavy atom. The molecule has 0 aliphatic carbocycles. The number of hydrogen-bond acceptors (Lipinski definition) is 4. The maximum absolute atomic E-state index is 5.87. The summed E-state index contributed by atoms with van der Waals surface area (Å²) in [6.07, 6.45) is 4.62. The Kier molecular flexibility index (Phi) is 4.88. The van der Waals surface area contributed by atoms with Crippen LogP contribution in [0.5, 0.6) is 0 Å². The highest BCUT2D eigenvalue weighted by atomic mass is 32.1. The molecule has 124 valence electrons. The monoisotopic (exact) mass is 338 g/mol. The molecule has 1 aliphatic heterocycles. The summed E-state index contributed by atoms with van der Waals surface area (Å²) < 4.78 is 5.87. The minimum absolute atomic E-state index is 0.368. The molecule has 0 spiro atoms. The van der Waals surface area contributed by atoms with Crippen molar-refractivity contribution in [3.63, 3.8) is 0 Å². The molecule has 2 aromatic heterocycles. The van der Waals surface area contributed by atoms with E-state index >= 15 is 0 Å². The topological polar surface area (TPSA) is 25.4 Å². The number of thiophene rings is 1. The molecule has 1 aromatic carbocycles. The number of nitrogens with zero attached hydrogens (tertiary/aromatic N) is 2.